The summed E-state index contributed by atoms with van der Waals surface area (Å²) in [6.45, 7) is 3.96. The number of anilines is 2. The molecule has 0 saturated carbocycles. The fourth-order valence-corrected chi connectivity index (χ4v) is 2.12. The summed E-state index contributed by atoms with van der Waals surface area (Å²) in [5.74, 6) is 0.954. The molecule has 0 aliphatic carbocycles. The monoisotopic (exact) mass is 260 g/mol. The molecule has 0 amide bonds. The van der Waals surface area contributed by atoms with Gasteiger partial charge in [0.25, 0.3) is 0 Å². The van der Waals surface area contributed by atoms with Crippen LogP contribution in [0.15, 0.2) is 24.3 Å². The molecule has 0 radical (unpaired) electrons. The van der Waals surface area contributed by atoms with Crippen LogP contribution >= 0.6 is 12.2 Å². The second-order valence-electron chi connectivity index (χ2n) is 4.31. The van der Waals surface area contributed by atoms with Gasteiger partial charge in [-0.05, 0) is 37.6 Å². The molecule has 5 heteroatoms. The van der Waals surface area contributed by atoms with Crippen molar-refractivity contribution in [2.45, 2.75) is 13.8 Å². The molecule has 0 atom stereocenters. The summed E-state index contributed by atoms with van der Waals surface area (Å²) in [6, 6.07) is 7.92. The topological polar surface area (TPSA) is 55.9 Å². The van der Waals surface area contributed by atoms with Gasteiger partial charge in [-0.15, -0.1) is 0 Å². The van der Waals surface area contributed by atoms with Crippen LogP contribution in [0.3, 0.4) is 0 Å². The summed E-state index contributed by atoms with van der Waals surface area (Å²) < 4.78 is 1.81. The van der Waals surface area contributed by atoms with E-state index in [-0.39, 0.29) is 0 Å². The number of hydrogen-bond donors (Lipinski definition) is 2. The van der Waals surface area contributed by atoms with Gasteiger partial charge < -0.3 is 11.1 Å². The predicted octanol–water partition coefficient (Wildman–Crippen LogP) is 2.41. The van der Waals surface area contributed by atoms with Crippen molar-refractivity contribution in [2.24, 2.45) is 12.8 Å². The fourth-order valence-electron chi connectivity index (χ4n) is 1.89. The predicted molar refractivity (Wildman–Crippen MR) is 78.3 cm³/mol. The van der Waals surface area contributed by atoms with Crippen LogP contribution in [0.25, 0.3) is 0 Å². The van der Waals surface area contributed by atoms with Gasteiger partial charge in [0.2, 0.25) is 0 Å². The summed E-state index contributed by atoms with van der Waals surface area (Å²) in [7, 11) is 1.91. The number of hydrogen-bond acceptors (Lipinski definition) is 3. The quantitative estimate of drug-likeness (QED) is 0.832. The maximum Gasteiger partial charge on any atom is 0.128 e. The van der Waals surface area contributed by atoms with Gasteiger partial charge in [-0.3, -0.25) is 4.68 Å². The average molecular weight is 260 g/mol. The van der Waals surface area contributed by atoms with Crippen LogP contribution in [0, 0.1) is 13.8 Å². The third-order valence-corrected chi connectivity index (χ3v) is 2.99. The molecule has 0 aliphatic heterocycles. The molecule has 94 valence electrons. The van der Waals surface area contributed by atoms with Crippen LogP contribution < -0.4 is 11.1 Å². The van der Waals surface area contributed by atoms with Gasteiger partial charge in [0.15, 0.2) is 0 Å². The van der Waals surface area contributed by atoms with E-state index in [9.17, 15) is 0 Å². The fraction of sp³-hybridized carbons (Fsp3) is 0.231. The Morgan fingerprint density at radius 2 is 2.06 bits per heavy atom. The number of nitrogens with zero attached hydrogens (tertiary/aromatic N) is 2. The van der Waals surface area contributed by atoms with E-state index in [4.69, 9.17) is 18.0 Å². The van der Waals surface area contributed by atoms with Crippen molar-refractivity contribution in [3.05, 3.63) is 41.1 Å². The SMILES string of the molecule is Cc1cc(Nc2ccc(C(N)=S)c(C)c2)n(C)n1. The molecule has 2 rings (SSSR count). The molecule has 0 unspecified atom stereocenters. The van der Waals surface area contributed by atoms with Crippen molar-refractivity contribution in [3.63, 3.8) is 0 Å². The maximum atomic E-state index is 5.64. The first-order valence-electron chi connectivity index (χ1n) is 5.65. The van der Waals surface area contributed by atoms with Crippen LogP contribution in [0.1, 0.15) is 16.8 Å². The van der Waals surface area contributed by atoms with Crippen LogP contribution in [-0.4, -0.2) is 14.8 Å². The Morgan fingerprint density at radius 1 is 1.33 bits per heavy atom. The van der Waals surface area contributed by atoms with Crippen molar-refractivity contribution < 1.29 is 0 Å². The molecule has 0 aliphatic rings. The van der Waals surface area contributed by atoms with Gasteiger partial charge in [0.05, 0.1) is 5.69 Å². The van der Waals surface area contributed by atoms with E-state index in [0.717, 1.165) is 28.3 Å². The molecule has 18 heavy (non-hydrogen) atoms. The van der Waals surface area contributed by atoms with Crippen LogP contribution in [0.4, 0.5) is 11.5 Å². The smallest absolute Gasteiger partial charge is 0.128 e. The van der Waals surface area contributed by atoms with Crippen LogP contribution in [0.5, 0.6) is 0 Å². The number of aryl methyl sites for hydroxylation is 3. The summed E-state index contributed by atoms with van der Waals surface area (Å²) >= 11 is 4.99. The summed E-state index contributed by atoms with van der Waals surface area (Å²) in [5, 5.41) is 7.61. The van der Waals surface area contributed by atoms with Crippen molar-refractivity contribution >= 4 is 28.7 Å². The number of nitrogens with two attached hydrogens (primary N) is 1. The Morgan fingerprint density at radius 3 is 2.56 bits per heavy atom. The van der Waals surface area contributed by atoms with E-state index < -0.39 is 0 Å². The van der Waals surface area contributed by atoms with Gasteiger partial charge >= 0.3 is 0 Å². The van der Waals surface area contributed by atoms with Crippen molar-refractivity contribution in [2.75, 3.05) is 5.32 Å². The van der Waals surface area contributed by atoms with Gasteiger partial charge in [0, 0.05) is 24.4 Å². The Kier molecular flexibility index (Phi) is 3.34. The number of thiocarbonyl (C=S) groups is 1. The van der Waals surface area contributed by atoms with Crippen molar-refractivity contribution in [1.82, 2.24) is 9.78 Å². The van der Waals surface area contributed by atoms with Gasteiger partial charge in [-0.2, -0.15) is 5.10 Å². The molecule has 0 saturated heterocycles. The molecule has 1 aromatic carbocycles. The number of aromatic nitrogens is 2. The van der Waals surface area contributed by atoms with Crippen LogP contribution in [-0.2, 0) is 7.05 Å². The second kappa shape index (κ2) is 4.78. The highest BCUT2D eigenvalue weighted by Crippen LogP contribution is 2.20. The molecule has 3 N–H and O–H groups in total. The molecular weight excluding hydrogens is 244 g/mol. The summed E-state index contributed by atoms with van der Waals surface area (Å²) in [4.78, 5) is 0.426. The van der Waals surface area contributed by atoms with E-state index >= 15 is 0 Å². The minimum absolute atomic E-state index is 0.426. The number of benzene rings is 1. The minimum Gasteiger partial charge on any atom is -0.389 e. The highest BCUT2D eigenvalue weighted by molar-refractivity contribution is 7.80. The zero-order valence-electron chi connectivity index (χ0n) is 10.7. The normalized spacial score (nSPS) is 10.4. The Balaban J connectivity index is 2.28. The van der Waals surface area contributed by atoms with Crippen molar-refractivity contribution in [1.29, 1.82) is 0 Å². The Bertz CT molecular complexity index is 601. The lowest BCUT2D eigenvalue weighted by atomic mass is 10.1. The Hall–Kier alpha value is -1.88. The Labute approximate surface area is 112 Å². The van der Waals surface area contributed by atoms with E-state index in [1.807, 2.05) is 49.8 Å². The third kappa shape index (κ3) is 2.51. The molecule has 2 aromatic rings. The molecule has 4 nitrogen and oxygen atoms in total. The first-order valence-corrected chi connectivity index (χ1v) is 6.06. The number of nitrogens with one attached hydrogen (secondary N) is 1. The second-order valence-corrected chi connectivity index (χ2v) is 4.75. The zero-order valence-corrected chi connectivity index (χ0v) is 11.5. The average Bonchev–Trinajstić information content (AvgIpc) is 2.57. The van der Waals surface area contributed by atoms with Gasteiger partial charge in [-0.1, -0.05) is 12.2 Å². The lowest BCUT2D eigenvalue weighted by molar-refractivity contribution is 0.765. The highest BCUT2D eigenvalue weighted by atomic mass is 32.1. The summed E-state index contributed by atoms with van der Waals surface area (Å²) in [6.07, 6.45) is 0. The van der Waals surface area contributed by atoms with E-state index in [2.05, 4.69) is 10.4 Å². The summed E-state index contributed by atoms with van der Waals surface area (Å²) in [5.41, 5.74) is 9.60. The lowest BCUT2D eigenvalue weighted by Gasteiger charge is -2.09. The third-order valence-electron chi connectivity index (χ3n) is 2.77. The lowest BCUT2D eigenvalue weighted by Crippen LogP contribution is -2.11. The van der Waals surface area contributed by atoms with E-state index in [0.29, 0.717) is 4.99 Å². The molecule has 0 fully saturated rings. The number of rotatable bonds is 3. The molecule has 0 spiro atoms. The standard InChI is InChI=1S/C13H16N4S/c1-8-6-10(4-5-11(8)13(14)18)15-12-7-9(2)16-17(12)3/h4-7,15H,1-3H3,(H2,14,18). The first kappa shape index (κ1) is 12.6. The minimum atomic E-state index is 0.426. The van der Waals surface area contributed by atoms with Crippen LogP contribution in [0.2, 0.25) is 0 Å². The first-order chi connectivity index (χ1) is 8.47. The van der Waals surface area contributed by atoms with Gasteiger partial charge in [-0.25, -0.2) is 0 Å². The molecular formula is C13H16N4S. The van der Waals surface area contributed by atoms with Gasteiger partial charge in [0.1, 0.15) is 10.8 Å². The molecule has 1 aromatic heterocycles. The largest absolute Gasteiger partial charge is 0.389 e. The highest BCUT2D eigenvalue weighted by Gasteiger charge is 2.05. The zero-order chi connectivity index (χ0) is 13.3. The van der Waals surface area contributed by atoms with E-state index in [1.165, 1.54) is 0 Å². The molecule has 0 bridgehead atoms. The van der Waals surface area contributed by atoms with E-state index in [1.54, 1.807) is 0 Å². The van der Waals surface area contributed by atoms with Crippen molar-refractivity contribution in [3.8, 4) is 0 Å². The maximum absolute atomic E-state index is 5.64. The molecule has 1 heterocycles.